The van der Waals surface area contributed by atoms with E-state index in [4.69, 9.17) is 0 Å². The quantitative estimate of drug-likeness (QED) is 0.341. The standard InChI is InChI=1S/C30H36BrN3O4S/c1-21-11-17-26(18-12-21)39(37,38)34(27-10-8-7-9-22(27)2)20-28(35)33(19-24-13-15-25(31)16-14-24)23(3)29(36)32-30(4,5)6/h7-18,23H,19-20H2,1-6H3,(H,32,36). The van der Waals surface area contributed by atoms with Gasteiger partial charge in [-0.3, -0.25) is 13.9 Å². The highest BCUT2D eigenvalue weighted by atomic mass is 79.9. The molecule has 0 heterocycles. The van der Waals surface area contributed by atoms with E-state index in [9.17, 15) is 18.0 Å². The van der Waals surface area contributed by atoms with E-state index in [1.54, 1.807) is 56.3 Å². The molecule has 0 radical (unpaired) electrons. The monoisotopic (exact) mass is 613 g/mol. The summed E-state index contributed by atoms with van der Waals surface area (Å²) in [6, 6.07) is 20.2. The summed E-state index contributed by atoms with van der Waals surface area (Å²) in [6.07, 6.45) is 0. The van der Waals surface area contributed by atoms with E-state index in [2.05, 4.69) is 21.2 Å². The number of rotatable bonds is 9. The van der Waals surface area contributed by atoms with Crippen LogP contribution in [0.4, 0.5) is 5.69 Å². The van der Waals surface area contributed by atoms with Crippen LogP contribution < -0.4 is 9.62 Å². The maximum atomic E-state index is 14.0. The van der Waals surface area contributed by atoms with Gasteiger partial charge in [0.2, 0.25) is 11.8 Å². The van der Waals surface area contributed by atoms with Crippen molar-refractivity contribution in [2.45, 2.75) is 64.6 Å². The lowest BCUT2D eigenvalue weighted by molar-refractivity contribution is -0.140. The van der Waals surface area contributed by atoms with E-state index in [-0.39, 0.29) is 17.3 Å². The molecular weight excluding hydrogens is 578 g/mol. The molecule has 2 amide bonds. The molecule has 3 aromatic carbocycles. The van der Waals surface area contributed by atoms with Crippen LogP contribution in [0.1, 0.15) is 44.4 Å². The molecule has 9 heteroatoms. The molecule has 39 heavy (non-hydrogen) atoms. The van der Waals surface area contributed by atoms with Crippen molar-refractivity contribution in [3.8, 4) is 0 Å². The molecule has 1 unspecified atom stereocenters. The fourth-order valence-corrected chi connectivity index (χ4v) is 5.78. The van der Waals surface area contributed by atoms with Crippen LogP contribution >= 0.6 is 15.9 Å². The second kappa shape index (κ2) is 12.3. The maximum absolute atomic E-state index is 14.0. The Kier molecular flexibility index (Phi) is 9.61. The van der Waals surface area contributed by atoms with Crippen molar-refractivity contribution in [3.05, 3.63) is 94.0 Å². The zero-order valence-corrected chi connectivity index (χ0v) is 25.6. The number of carbonyl (C=O) groups excluding carboxylic acids is 2. The molecule has 1 N–H and O–H groups in total. The van der Waals surface area contributed by atoms with Gasteiger partial charge in [-0.15, -0.1) is 0 Å². The number of nitrogens with zero attached hydrogens (tertiary/aromatic N) is 2. The number of amides is 2. The lowest BCUT2D eigenvalue weighted by Crippen LogP contribution is -2.54. The van der Waals surface area contributed by atoms with Gasteiger partial charge in [-0.05, 0) is 83.0 Å². The minimum absolute atomic E-state index is 0.0853. The first kappa shape index (κ1) is 30.4. The number of sulfonamides is 1. The molecule has 0 aliphatic heterocycles. The summed E-state index contributed by atoms with van der Waals surface area (Å²) in [5.74, 6) is -0.815. The Morgan fingerprint density at radius 1 is 0.923 bits per heavy atom. The summed E-state index contributed by atoms with van der Waals surface area (Å²) in [7, 11) is -4.10. The summed E-state index contributed by atoms with van der Waals surface area (Å²) in [5, 5.41) is 2.93. The van der Waals surface area contributed by atoms with E-state index in [0.29, 0.717) is 11.3 Å². The fraction of sp³-hybridized carbons (Fsp3) is 0.333. The van der Waals surface area contributed by atoms with Gasteiger partial charge in [-0.25, -0.2) is 8.42 Å². The first-order valence-corrected chi connectivity index (χ1v) is 14.9. The van der Waals surface area contributed by atoms with Crippen LogP contribution in [0.15, 0.2) is 82.2 Å². The van der Waals surface area contributed by atoms with Crippen molar-refractivity contribution in [2.24, 2.45) is 0 Å². The molecule has 208 valence electrons. The summed E-state index contributed by atoms with van der Waals surface area (Å²) in [4.78, 5) is 28.7. The average molecular weight is 615 g/mol. The van der Waals surface area contributed by atoms with E-state index in [1.165, 1.54) is 4.90 Å². The Balaban J connectivity index is 2.04. The number of nitrogens with one attached hydrogen (secondary N) is 1. The van der Waals surface area contributed by atoms with Gasteiger partial charge < -0.3 is 10.2 Å². The van der Waals surface area contributed by atoms with Gasteiger partial charge in [-0.1, -0.05) is 64.0 Å². The number of hydrogen-bond acceptors (Lipinski definition) is 4. The minimum atomic E-state index is -4.10. The van der Waals surface area contributed by atoms with Crippen molar-refractivity contribution >= 4 is 43.5 Å². The predicted octanol–water partition coefficient (Wildman–Crippen LogP) is 5.59. The van der Waals surface area contributed by atoms with Crippen LogP contribution in [0.25, 0.3) is 0 Å². The molecule has 0 bridgehead atoms. The number of carbonyl (C=O) groups is 2. The number of hydrogen-bond donors (Lipinski definition) is 1. The third-order valence-corrected chi connectivity index (χ3v) is 8.51. The number of aryl methyl sites for hydroxylation is 2. The molecule has 1 atom stereocenters. The lowest BCUT2D eigenvalue weighted by atomic mass is 10.1. The van der Waals surface area contributed by atoms with E-state index < -0.39 is 34.1 Å². The second-order valence-electron chi connectivity index (χ2n) is 10.7. The van der Waals surface area contributed by atoms with Crippen molar-refractivity contribution in [3.63, 3.8) is 0 Å². The van der Waals surface area contributed by atoms with E-state index in [1.807, 2.05) is 58.0 Å². The third kappa shape index (κ3) is 7.92. The number of benzene rings is 3. The molecule has 7 nitrogen and oxygen atoms in total. The number of halogens is 1. The van der Waals surface area contributed by atoms with Gasteiger partial charge in [-0.2, -0.15) is 0 Å². The predicted molar refractivity (Wildman–Crippen MR) is 159 cm³/mol. The molecule has 0 saturated carbocycles. The molecule has 0 fully saturated rings. The van der Waals surface area contributed by atoms with E-state index >= 15 is 0 Å². The zero-order valence-electron chi connectivity index (χ0n) is 23.2. The Morgan fingerprint density at radius 2 is 1.51 bits per heavy atom. The largest absolute Gasteiger partial charge is 0.350 e. The topological polar surface area (TPSA) is 86.8 Å². The SMILES string of the molecule is Cc1ccc(S(=O)(=O)N(CC(=O)N(Cc2ccc(Br)cc2)C(C)C(=O)NC(C)(C)C)c2ccccc2C)cc1. The summed E-state index contributed by atoms with van der Waals surface area (Å²) in [5.41, 5.74) is 2.35. The highest BCUT2D eigenvalue weighted by molar-refractivity contribution is 9.10. The molecule has 3 aromatic rings. The Bertz CT molecular complexity index is 1420. The Hall–Kier alpha value is -3.17. The highest BCUT2D eigenvalue weighted by Gasteiger charge is 2.33. The van der Waals surface area contributed by atoms with E-state index in [0.717, 1.165) is 19.9 Å². The Morgan fingerprint density at radius 3 is 2.08 bits per heavy atom. The smallest absolute Gasteiger partial charge is 0.264 e. The van der Waals surface area contributed by atoms with Crippen LogP contribution in [0.3, 0.4) is 0 Å². The normalized spacial score (nSPS) is 12.5. The van der Waals surface area contributed by atoms with Crippen LogP contribution in [0.2, 0.25) is 0 Å². The third-order valence-electron chi connectivity index (χ3n) is 6.20. The molecule has 0 aromatic heterocycles. The van der Waals surface area contributed by atoms with Crippen LogP contribution in [0.5, 0.6) is 0 Å². The molecule has 0 aliphatic carbocycles. The van der Waals surface area contributed by atoms with Crippen molar-refractivity contribution < 1.29 is 18.0 Å². The van der Waals surface area contributed by atoms with Gasteiger partial charge in [0.05, 0.1) is 10.6 Å². The number of para-hydroxylation sites is 1. The molecule has 3 rings (SSSR count). The van der Waals surface area contributed by atoms with Gasteiger partial charge in [0.1, 0.15) is 12.6 Å². The minimum Gasteiger partial charge on any atom is -0.350 e. The van der Waals surface area contributed by atoms with Gasteiger partial charge in [0.15, 0.2) is 0 Å². The van der Waals surface area contributed by atoms with Crippen LogP contribution in [-0.2, 0) is 26.2 Å². The van der Waals surface area contributed by atoms with Gasteiger partial charge >= 0.3 is 0 Å². The molecular formula is C30H36BrN3O4S. The fourth-order valence-electron chi connectivity index (χ4n) is 4.04. The van der Waals surface area contributed by atoms with Crippen molar-refractivity contribution in [1.29, 1.82) is 0 Å². The van der Waals surface area contributed by atoms with Crippen LogP contribution in [-0.4, -0.2) is 43.3 Å². The highest BCUT2D eigenvalue weighted by Crippen LogP contribution is 2.27. The zero-order chi connectivity index (χ0) is 29.0. The van der Waals surface area contributed by atoms with Gasteiger partial charge in [0, 0.05) is 16.6 Å². The number of anilines is 1. The summed E-state index contributed by atoms with van der Waals surface area (Å²) in [6.45, 7) is 10.6. The van der Waals surface area contributed by atoms with Crippen molar-refractivity contribution in [2.75, 3.05) is 10.8 Å². The maximum Gasteiger partial charge on any atom is 0.264 e. The summed E-state index contributed by atoms with van der Waals surface area (Å²) < 4.78 is 29.8. The molecule has 0 spiro atoms. The Labute approximate surface area is 240 Å². The molecule has 0 aliphatic rings. The first-order chi connectivity index (χ1) is 18.2. The van der Waals surface area contributed by atoms with Crippen molar-refractivity contribution in [1.82, 2.24) is 10.2 Å². The average Bonchev–Trinajstić information content (AvgIpc) is 2.86. The lowest BCUT2D eigenvalue weighted by Gasteiger charge is -2.33. The van der Waals surface area contributed by atoms with Gasteiger partial charge in [0.25, 0.3) is 10.0 Å². The van der Waals surface area contributed by atoms with Crippen LogP contribution in [0, 0.1) is 13.8 Å². The molecule has 0 saturated heterocycles. The second-order valence-corrected chi connectivity index (χ2v) is 13.5. The first-order valence-electron chi connectivity index (χ1n) is 12.7. The summed E-state index contributed by atoms with van der Waals surface area (Å²) >= 11 is 3.42.